The van der Waals surface area contributed by atoms with Gasteiger partial charge in [0.15, 0.2) is 5.58 Å². The highest BCUT2D eigenvalue weighted by molar-refractivity contribution is 5.89. The van der Waals surface area contributed by atoms with Gasteiger partial charge in [-0.25, -0.2) is 4.98 Å². The summed E-state index contributed by atoms with van der Waals surface area (Å²) in [5.41, 5.74) is 2.32. The summed E-state index contributed by atoms with van der Waals surface area (Å²) in [4.78, 5) is 29.2. The molecule has 3 aromatic carbocycles. The van der Waals surface area contributed by atoms with Gasteiger partial charge in [0, 0.05) is 23.4 Å². The Morgan fingerprint density at radius 2 is 1.71 bits per heavy atom. The molecule has 0 saturated carbocycles. The monoisotopic (exact) mass is 460 g/mol. The summed E-state index contributed by atoms with van der Waals surface area (Å²) in [5.74, 6) is -0.249. The van der Waals surface area contributed by atoms with Crippen LogP contribution in [0.5, 0.6) is 5.75 Å². The summed E-state index contributed by atoms with van der Waals surface area (Å²) in [6.45, 7) is 6.37. The molecule has 0 bridgehead atoms. The molecule has 0 aliphatic rings. The summed E-state index contributed by atoms with van der Waals surface area (Å²) in [6.07, 6.45) is 1.14. The fourth-order valence-corrected chi connectivity index (χ4v) is 3.32. The molecule has 1 aromatic heterocycles. The van der Waals surface area contributed by atoms with Crippen LogP contribution in [0, 0.1) is 20.2 Å². The van der Waals surface area contributed by atoms with Gasteiger partial charge in [0.25, 0.3) is 5.69 Å². The maximum atomic E-state index is 11.1. The minimum absolute atomic E-state index is 0.0129. The number of phenolic OH excluding ortho intramolecular Hbond substituents is 1. The fraction of sp³-hybridized carbons (Fsp3) is 0.167. The zero-order chi connectivity index (χ0) is 24.6. The summed E-state index contributed by atoms with van der Waals surface area (Å²) < 4.78 is 5.87. The van der Waals surface area contributed by atoms with Crippen molar-refractivity contribution in [3.05, 3.63) is 86.0 Å². The highest BCUT2D eigenvalue weighted by Crippen LogP contribution is 2.34. The van der Waals surface area contributed by atoms with Gasteiger partial charge in [0.2, 0.25) is 11.6 Å². The molecule has 0 saturated heterocycles. The first kappa shape index (κ1) is 22.6. The number of aromatic hydroxyl groups is 1. The lowest BCUT2D eigenvalue weighted by atomic mass is 9.87. The second kappa shape index (κ2) is 8.39. The van der Waals surface area contributed by atoms with Gasteiger partial charge in [-0.1, -0.05) is 26.8 Å². The van der Waals surface area contributed by atoms with Crippen molar-refractivity contribution in [3.63, 3.8) is 0 Å². The predicted octanol–water partition coefficient (Wildman–Crippen LogP) is 6.06. The van der Waals surface area contributed by atoms with Crippen molar-refractivity contribution in [2.45, 2.75) is 26.2 Å². The van der Waals surface area contributed by atoms with Crippen LogP contribution in [-0.4, -0.2) is 26.2 Å². The van der Waals surface area contributed by atoms with E-state index >= 15 is 0 Å². The predicted molar refractivity (Wildman–Crippen MR) is 127 cm³/mol. The number of phenols is 1. The van der Waals surface area contributed by atoms with Crippen LogP contribution in [-0.2, 0) is 5.41 Å². The molecule has 0 amide bonds. The molecular weight excluding hydrogens is 440 g/mol. The van der Waals surface area contributed by atoms with Crippen molar-refractivity contribution in [3.8, 4) is 17.2 Å². The van der Waals surface area contributed by atoms with Crippen molar-refractivity contribution in [1.82, 2.24) is 4.98 Å². The molecule has 10 heteroatoms. The average molecular weight is 460 g/mol. The largest absolute Gasteiger partial charge is 0.502 e. The van der Waals surface area contributed by atoms with E-state index in [1.165, 1.54) is 0 Å². The van der Waals surface area contributed by atoms with Gasteiger partial charge < -0.3 is 9.52 Å². The summed E-state index contributed by atoms with van der Waals surface area (Å²) in [5, 5.41) is 32.2. The van der Waals surface area contributed by atoms with Crippen LogP contribution in [0.2, 0.25) is 0 Å². The first-order valence-corrected chi connectivity index (χ1v) is 10.2. The third-order valence-corrected chi connectivity index (χ3v) is 5.23. The lowest BCUT2D eigenvalue weighted by molar-refractivity contribution is -0.394. The normalized spacial score (nSPS) is 11.9. The molecule has 1 heterocycles. The fourth-order valence-electron chi connectivity index (χ4n) is 3.32. The van der Waals surface area contributed by atoms with Crippen molar-refractivity contribution in [2.75, 3.05) is 0 Å². The molecule has 0 fully saturated rings. The third-order valence-electron chi connectivity index (χ3n) is 5.23. The Bertz CT molecular complexity index is 1450. The number of oxazole rings is 1. The Morgan fingerprint density at radius 1 is 1.00 bits per heavy atom. The SMILES string of the molecule is CC(C)(C)c1ccc2oc(-c3ccc(N=Cc4cc([N+](=O)[O-])cc([N+](=O)[O-])c4O)cc3)nc2c1. The number of nitrogens with zero attached hydrogens (tertiary/aromatic N) is 4. The number of hydrogen-bond donors (Lipinski definition) is 1. The Balaban J connectivity index is 1.61. The molecule has 1 N–H and O–H groups in total. The first-order valence-electron chi connectivity index (χ1n) is 10.2. The minimum atomic E-state index is -0.890. The van der Waals surface area contributed by atoms with E-state index in [1.54, 1.807) is 24.3 Å². The quantitative estimate of drug-likeness (QED) is 0.216. The second-order valence-corrected chi connectivity index (χ2v) is 8.67. The zero-order valence-corrected chi connectivity index (χ0v) is 18.6. The van der Waals surface area contributed by atoms with Gasteiger partial charge in [-0.15, -0.1) is 0 Å². The average Bonchev–Trinajstić information content (AvgIpc) is 3.21. The molecule has 4 aromatic rings. The Kier molecular flexibility index (Phi) is 5.58. The number of aromatic nitrogens is 1. The van der Waals surface area contributed by atoms with E-state index in [0.717, 1.165) is 28.9 Å². The molecule has 172 valence electrons. The van der Waals surface area contributed by atoms with E-state index in [1.807, 2.05) is 18.2 Å². The van der Waals surface area contributed by atoms with Crippen molar-refractivity contribution < 1.29 is 19.4 Å². The number of aliphatic imine (C=N–C) groups is 1. The van der Waals surface area contributed by atoms with Crippen LogP contribution in [0.1, 0.15) is 31.9 Å². The number of fused-ring (bicyclic) bond motifs is 1. The molecule has 0 aliphatic heterocycles. The number of non-ortho nitro benzene ring substituents is 1. The first-order chi connectivity index (χ1) is 16.0. The maximum Gasteiger partial charge on any atom is 0.318 e. The van der Waals surface area contributed by atoms with Crippen LogP contribution < -0.4 is 0 Å². The smallest absolute Gasteiger partial charge is 0.318 e. The van der Waals surface area contributed by atoms with E-state index in [4.69, 9.17) is 4.42 Å². The van der Waals surface area contributed by atoms with Gasteiger partial charge in [0.1, 0.15) is 5.52 Å². The highest BCUT2D eigenvalue weighted by atomic mass is 16.6. The Morgan fingerprint density at radius 3 is 2.32 bits per heavy atom. The van der Waals surface area contributed by atoms with Gasteiger partial charge in [-0.05, 0) is 47.4 Å². The lowest BCUT2D eigenvalue weighted by Crippen LogP contribution is -2.10. The highest BCUT2D eigenvalue weighted by Gasteiger charge is 2.23. The number of hydrogen-bond acceptors (Lipinski definition) is 8. The summed E-state index contributed by atoms with van der Waals surface area (Å²) in [6, 6.07) is 14.5. The molecular formula is C24H20N4O6. The molecule has 0 radical (unpaired) electrons. The van der Waals surface area contributed by atoms with E-state index in [0.29, 0.717) is 23.2 Å². The lowest BCUT2D eigenvalue weighted by Gasteiger charge is -2.18. The molecule has 4 rings (SSSR count). The maximum absolute atomic E-state index is 11.1. The van der Waals surface area contributed by atoms with Crippen molar-refractivity contribution in [2.24, 2.45) is 4.99 Å². The number of rotatable bonds is 5. The van der Waals surface area contributed by atoms with Gasteiger partial charge in [-0.2, -0.15) is 0 Å². The van der Waals surface area contributed by atoms with Gasteiger partial charge in [-0.3, -0.25) is 25.2 Å². The van der Waals surface area contributed by atoms with Crippen molar-refractivity contribution in [1.29, 1.82) is 0 Å². The Hall–Kier alpha value is -4.60. The topological polar surface area (TPSA) is 145 Å². The van der Waals surface area contributed by atoms with E-state index < -0.39 is 27.0 Å². The van der Waals surface area contributed by atoms with E-state index in [9.17, 15) is 25.3 Å². The van der Waals surface area contributed by atoms with Crippen LogP contribution in [0.4, 0.5) is 17.1 Å². The minimum Gasteiger partial charge on any atom is -0.502 e. The molecule has 0 aliphatic carbocycles. The summed E-state index contributed by atoms with van der Waals surface area (Å²) in [7, 11) is 0. The molecule has 34 heavy (non-hydrogen) atoms. The number of nitro groups is 2. The Labute approximate surface area is 193 Å². The van der Waals surface area contributed by atoms with E-state index in [-0.39, 0.29) is 11.0 Å². The number of benzene rings is 3. The molecule has 0 unspecified atom stereocenters. The van der Waals surface area contributed by atoms with Crippen LogP contribution in [0.15, 0.2) is 64.0 Å². The third kappa shape index (κ3) is 4.46. The second-order valence-electron chi connectivity index (χ2n) is 8.67. The molecule has 0 spiro atoms. The van der Waals surface area contributed by atoms with Crippen molar-refractivity contribution >= 4 is 34.4 Å². The standard InChI is InChI=1S/C24H20N4O6/c1-24(2,3)16-6-9-21-19(11-16)26-23(34-21)14-4-7-17(8-5-14)25-13-15-10-18(27(30)31)12-20(22(15)29)28(32)33/h4-13,29H,1-3H3. The molecule has 10 nitrogen and oxygen atoms in total. The van der Waals surface area contributed by atoms with Crippen LogP contribution >= 0.6 is 0 Å². The van der Waals surface area contributed by atoms with Crippen LogP contribution in [0.25, 0.3) is 22.6 Å². The zero-order valence-electron chi connectivity index (χ0n) is 18.6. The number of nitro benzene ring substituents is 2. The van der Waals surface area contributed by atoms with Crippen LogP contribution in [0.3, 0.4) is 0 Å². The van der Waals surface area contributed by atoms with E-state index in [2.05, 4.69) is 30.7 Å². The summed E-state index contributed by atoms with van der Waals surface area (Å²) >= 11 is 0. The molecule has 0 atom stereocenters. The van der Waals surface area contributed by atoms with Gasteiger partial charge >= 0.3 is 5.69 Å². The van der Waals surface area contributed by atoms with Gasteiger partial charge in [0.05, 0.1) is 21.6 Å².